The summed E-state index contributed by atoms with van der Waals surface area (Å²) in [6.45, 7) is 2.61. The Labute approximate surface area is 96.2 Å². The highest BCUT2D eigenvalue weighted by Crippen LogP contribution is 2.13. The van der Waals surface area contributed by atoms with Crippen molar-refractivity contribution < 1.29 is 0 Å². The molecule has 0 bridgehead atoms. The van der Waals surface area contributed by atoms with Gasteiger partial charge in [-0.25, -0.2) is 4.68 Å². The number of nitrogen functional groups attached to an aromatic ring is 1. The van der Waals surface area contributed by atoms with Crippen molar-refractivity contribution >= 4 is 21.7 Å². The third-order valence-electron chi connectivity index (χ3n) is 2.26. The van der Waals surface area contributed by atoms with Gasteiger partial charge in [0.1, 0.15) is 0 Å². The van der Waals surface area contributed by atoms with Gasteiger partial charge in [-0.3, -0.25) is 0 Å². The molecule has 1 aromatic carbocycles. The number of nitrogens with zero attached hydrogens (tertiary/aromatic N) is 3. The van der Waals surface area contributed by atoms with Crippen LogP contribution in [0.1, 0.15) is 11.3 Å². The van der Waals surface area contributed by atoms with E-state index in [-0.39, 0.29) is 0 Å². The number of halogens is 1. The minimum atomic E-state index is 0.493. The van der Waals surface area contributed by atoms with Gasteiger partial charge in [0.05, 0.1) is 12.2 Å². The Morgan fingerprint density at radius 2 is 2.00 bits per heavy atom. The fraction of sp³-hybridized carbons (Fsp3) is 0.200. The Morgan fingerprint density at radius 3 is 2.53 bits per heavy atom. The molecule has 0 aliphatic carbocycles. The summed E-state index contributed by atoms with van der Waals surface area (Å²) in [4.78, 5) is 0. The molecule has 1 aromatic heterocycles. The second kappa shape index (κ2) is 4.02. The second-order valence-corrected chi connectivity index (χ2v) is 4.26. The third-order valence-corrected chi connectivity index (χ3v) is 2.79. The summed E-state index contributed by atoms with van der Waals surface area (Å²) in [5.41, 5.74) is 7.69. The van der Waals surface area contributed by atoms with E-state index >= 15 is 0 Å². The van der Waals surface area contributed by atoms with E-state index in [0.717, 1.165) is 10.2 Å². The average Bonchev–Trinajstić information content (AvgIpc) is 2.53. The first-order valence-electron chi connectivity index (χ1n) is 4.57. The van der Waals surface area contributed by atoms with E-state index in [1.54, 1.807) is 4.68 Å². The molecule has 2 rings (SSSR count). The van der Waals surface area contributed by atoms with Crippen molar-refractivity contribution in [3.63, 3.8) is 0 Å². The van der Waals surface area contributed by atoms with Crippen LogP contribution in [0.25, 0.3) is 0 Å². The highest BCUT2D eigenvalue weighted by atomic mass is 79.9. The summed E-state index contributed by atoms with van der Waals surface area (Å²) >= 11 is 3.39. The molecular formula is C10H11BrN4. The molecular weight excluding hydrogens is 256 g/mol. The molecule has 0 saturated heterocycles. The van der Waals surface area contributed by atoms with Gasteiger partial charge in [0.25, 0.3) is 0 Å². The minimum absolute atomic E-state index is 0.493. The number of nitrogens with two attached hydrogens (primary N) is 1. The molecule has 0 atom stereocenters. The zero-order chi connectivity index (χ0) is 10.8. The maximum absolute atomic E-state index is 5.62. The maximum atomic E-state index is 5.62. The van der Waals surface area contributed by atoms with E-state index in [1.165, 1.54) is 5.56 Å². The molecule has 5 heteroatoms. The van der Waals surface area contributed by atoms with Gasteiger partial charge in [0.15, 0.2) is 5.82 Å². The predicted molar refractivity (Wildman–Crippen MR) is 62.4 cm³/mol. The van der Waals surface area contributed by atoms with Gasteiger partial charge in [-0.2, -0.15) is 0 Å². The van der Waals surface area contributed by atoms with Crippen molar-refractivity contribution in [1.29, 1.82) is 0 Å². The lowest BCUT2D eigenvalue weighted by Crippen LogP contribution is -2.04. The monoisotopic (exact) mass is 266 g/mol. The SMILES string of the molecule is Cc1c(N)nnn1Cc1ccc(Br)cc1. The van der Waals surface area contributed by atoms with Gasteiger partial charge >= 0.3 is 0 Å². The fourth-order valence-corrected chi connectivity index (χ4v) is 1.55. The predicted octanol–water partition coefficient (Wildman–Crippen LogP) is 1.98. The lowest BCUT2D eigenvalue weighted by molar-refractivity contribution is 0.633. The molecule has 0 radical (unpaired) electrons. The minimum Gasteiger partial charge on any atom is -0.381 e. The molecule has 0 fully saturated rings. The molecule has 0 spiro atoms. The first-order valence-corrected chi connectivity index (χ1v) is 5.36. The zero-order valence-electron chi connectivity index (χ0n) is 8.31. The topological polar surface area (TPSA) is 56.7 Å². The first kappa shape index (κ1) is 10.2. The zero-order valence-corrected chi connectivity index (χ0v) is 9.90. The van der Waals surface area contributed by atoms with E-state index in [4.69, 9.17) is 5.73 Å². The summed E-state index contributed by atoms with van der Waals surface area (Å²) in [6.07, 6.45) is 0. The number of benzene rings is 1. The van der Waals surface area contributed by atoms with Gasteiger partial charge in [-0.15, -0.1) is 5.10 Å². The van der Waals surface area contributed by atoms with Gasteiger partial charge in [0, 0.05) is 4.47 Å². The summed E-state index contributed by atoms with van der Waals surface area (Å²) in [7, 11) is 0. The quantitative estimate of drug-likeness (QED) is 0.905. The number of anilines is 1. The Hall–Kier alpha value is -1.36. The van der Waals surface area contributed by atoms with Crippen LogP contribution in [0.15, 0.2) is 28.7 Å². The number of rotatable bonds is 2. The largest absolute Gasteiger partial charge is 0.381 e. The van der Waals surface area contributed by atoms with Crippen LogP contribution in [0.3, 0.4) is 0 Å². The molecule has 0 aliphatic rings. The van der Waals surface area contributed by atoms with Crippen LogP contribution in [0.5, 0.6) is 0 Å². The van der Waals surface area contributed by atoms with Crippen molar-refractivity contribution in [1.82, 2.24) is 15.0 Å². The second-order valence-electron chi connectivity index (χ2n) is 3.34. The Kier molecular flexibility index (Phi) is 2.73. The fourth-order valence-electron chi connectivity index (χ4n) is 1.29. The van der Waals surface area contributed by atoms with Gasteiger partial charge in [-0.05, 0) is 24.6 Å². The van der Waals surface area contributed by atoms with E-state index in [1.807, 2.05) is 31.2 Å². The first-order chi connectivity index (χ1) is 7.16. The van der Waals surface area contributed by atoms with Crippen LogP contribution in [0.4, 0.5) is 5.82 Å². The molecule has 1 heterocycles. The van der Waals surface area contributed by atoms with Crippen molar-refractivity contribution in [2.24, 2.45) is 0 Å². The maximum Gasteiger partial charge on any atom is 0.168 e. The van der Waals surface area contributed by atoms with Crippen LogP contribution in [-0.4, -0.2) is 15.0 Å². The van der Waals surface area contributed by atoms with E-state index in [0.29, 0.717) is 12.4 Å². The summed E-state index contributed by atoms with van der Waals surface area (Å²) in [5, 5.41) is 7.77. The van der Waals surface area contributed by atoms with Crippen LogP contribution in [-0.2, 0) is 6.54 Å². The van der Waals surface area contributed by atoms with E-state index < -0.39 is 0 Å². The normalized spacial score (nSPS) is 10.5. The third kappa shape index (κ3) is 2.18. The van der Waals surface area contributed by atoms with Crippen LogP contribution in [0, 0.1) is 6.92 Å². The van der Waals surface area contributed by atoms with Crippen molar-refractivity contribution in [3.05, 3.63) is 40.0 Å². The number of hydrogen-bond donors (Lipinski definition) is 1. The van der Waals surface area contributed by atoms with Crippen molar-refractivity contribution in [2.75, 3.05) is 5.73 Å². The molecule has 4 nitrogen and oxygen atoms in total. The van der Waals surface area contributed by atoms with Gasteiger partial charge in [0.2, 0.25) is 0 Å². The summed E-state index contributed by atoms with van der Waals surface area (Å²) in [6, 6.07) is 8.10. The summed E-state index contributed by atoms with van der Waals surface area (Å²) < 4.78 is 2.86. The molecule has 0 unspecified atom stereocenters. The Balaban J connectivity index is 2.22. The van der Waals surface area contributed by atoms with Crippen LogP contribution in [0.2, 0.25) is 0 Å². The highest BCUT2D eigenvalue weighted by molar-refractivity contribution is 9.10. The lowest BCUT2D eigenvalue weighted by Gasteiger charge is -2.03. The number of hydrogen-bond acceptors (Lipinski definition) is 3. The standard InChI is InChI=1S/C10H11BrN4/c1-7-10(12)13-14-15(7)6-8-2-4-9(11)5-3-8/h2-5H,6,12H2,1H3. The Morgan fingerprint density at radius 1 is 1.33 bits per heavy atom. The van der Waals surface area contributed by atoms with Gasteiger partial charge < -0.3 is 5.73 Å². The van der Waals surface area contributed by atoms with Crippen LogP contribution < -0.4 is 5.73 Å². The summed E-state index contributed by atoms with van der Waals surface area (Å²) in [5.74, 6) is 0.493. The van der Waals surface area contributed by atoms with Crippen LogP contribution >= 0.6 is 15.9 Å². The van der Waals surface area contributed by atoms with E-state index in [2.05, 4.69) is 26.2 Å². The smallest absolute Gasteiger partial charge is 0.168 e. The Bertz CT molecular complexity index is 461. The molecule has 0 saturated carbocycles. The lowest BCUT2D eigenvalue weighted by atomic mass is 10.2. The van der Waals surface area contributed by atoms with Crippen molar-refractivity contribution in [2.45, 2.75) is 13.5 Å². The van der Waals surface area contributed by atoms with Crippen molar-refractivity contribution in [3.8, 4) is 0 Å². The molecule has 78 valence electrons. The van der Waals surface area contributed by atoms with E-state index in [9.17, 15) is 0 Å². The highest BCUT2D eigenvalue weighted by Gasteiger charge is 2.04. The molecule has 0 aliphatic heterocycles. The molecule has 2 aromatic rings. The van der Waals surface area contributed by atoms with Gasteiger partial charge in [-0.1, -0.05) is 33.3 Å². The molecule has 2 N–H and O–H groups in total. The number of aromatic nitrogens is 3. The molecule has 0 amide bonds. The average molecular weight is 267 g/mol. The molecule has 15 heavy (non-hydrogen) atoms.